The van der Waals surface area contributed by atoms with E-state index in [2.05, 4.69) is 15.0 Å². The maximum atomic E-state index is 12.1. The summed E-state index contributed by atoms with van der Waals surface area (Å²) in [5, 5.41) is 3.00. The van der Waals surface area contributed by atoms with E-state index in [0.29, 0.717) is 31.8 Å². The molecule has 1 heterocycles. The van der Waals surface area contributed by atoms with Crippen molar-refractivity contribution in [3.05, 3.63) is 18.5 Å². The molecular weight excluding hydrogens is 254 g/mol. The van der Waals surface area contributed by atoms with Gasteiger partial charge in [0.25, 0.3) is 0 Å². The average Bonchev–Trinajstić information content (AvgIpc) is 2.36. The van der Waals surface area contributed by atoms with Gasteiger partial charge in [0.2, 0.25) is 10.0 Å². The Morgan fingerprint density at radius 2 is 2.22 bits per heavy atom. The van der Waals surface area contributed by atoms with Crippen LogP contribution in [0.1, 0.15) is 13.3 Å². The largest absolute Gasteiger partial charge is 0.385 e. The molecule has 0 saturated heterocycles. The first-order valence-corrected chi connectivity index (χ1v) is 7.26. The van der Waals surface area contributed by atoms with Gasteiger partial charge < -0.3 is 10.1 Å². The number of sulfonamides is 1. The number of anilines is 1. The summed E-state index contributed by atoms with van der Waals surface area (Å²) in [6.45, 7) is 3.42. The third-order valence-corrected chi connectivity index (χ3v) is 3.75. The highest BCUT2D eigenvalue weighted by Crippen LogP contribution is 2.18. The second-order valence-electron chi connectivity index (χ2n) is 3.65. The topological polar surface area (TPSA) is 80.3 Å². The van der Waals surface area contributed by atoms with Gasteiger partial charge in [-0.2, -0.15) is 0 Å². The summed E-state index contributed by atoms with van der Waals surface area (Å²) in [6, 6.07) is 1.65. The summed E-state index contributed by atoms with van der Waals surface area (Å²) in [5.74, 6) is 0. The van der Waals surface area contributed by atoms with Gasteiger partial charge in [0.05, 0.1) is 5.69 Å². The second kappa shape index (κ2) is 7.30. The highest BCUT2D eigenvalue weighted by atomic mass is 32.2. The van der Waals surface area contributed by atoms with Gasteiger partial charge in [-0.25, -0.2) is 13.1 Å². The van der Waals surface area contributed by atoms with Crippen molar-refractivity contribution in [1.29, 1.82) is 0 Å². The maximum absolute atomic E-state index is 12.1. The van der Waals surface area contributed by atoms with E-state index in [1.54, 1.807) is 19.4 Å². The summed E-state index contributed by atoms with van der Waals surface area (Å²) in [7, 11) is -1.94. The molecule has 0 amide bonds. The second-order valence-corrected chi connectivity index (χ2v) is 5.38. The summed E-state index contributed by atoms with van der Waals surface area (Å²) >= 11 is 0. The molecule has 0 aliphatic rings. The van der Waals surface area contributed by atoms with Crippen LogP contribution < -0.4 is 10.0 Å². The minimum Gasteiger partial charge on any atom is -0.385 e. The van der Waals surface area contributed by atoms with Crippen molar-refractivity contribution in [1.82, 2.24) is 9.71 Å². The van der Waals surface area contributed by atoms with Crippen molar-refractivity contribution >= 4 is 15.7 Å². The lowest BCUT2D eigenvalue weighted by molar-refractivity contribution is 0.196. The molecule has 1 rings (SSSR count). The van der Waals surface area contributed by atoms with Gasteiger partial charge in [0.1, 0.15) is 4.90 Å². The van der Waals surface area contributed by atoms with Gasteiger partial charge in [-0.1, -0.05) is 0 Å². The van der Waals surface area contributed by atoms with Gasteiger partial charge in [0, 0.05) is 39.2 Å². The smallest absolute Gasteiger partial charge is 0.244 e. The van der Waals surface area contributed by atoms with Crippen molar-refractivity contribution in [3.63, 3.8) is 0 Å². The van der Waals surface area contributed by atoms with Crippen LogP contribution in [0.3, 0.4) is 0 Å². The number of nitrogens with one attached hydrogen (secondary N) is 2. The molecule has 0 bridgehead atoms. The molecule has 0 fully saturated rings. The molecule has 7 heteroatoms. The van der Waals surface area contributed by atoms with Gasteiger partial charge in [0.15, 0.2) is 0 Å². The van der Waals surface area contributed by atoms with Crippen LogP contribution in [-0.4, -0.2) is 40.2 Å². The summed E-state index contributed by atoms with van der Waals surface area (Å²) in [4.78, 5) is 4.03. The number of rotatable bonds is 8. The predicted octanol–water partition coefficient (Wildman–Crippen LogP) is 0.828. The van der Waals surface area contributed by atoms with Crippen molar-refractivity contribution < 1.29 is 13.2 Å². The average molecular weight is 273 g/mol. The van der Waals surface area contributed by atoms with Crippen molar-refractivity contribution in [2.45, 2.75) is 18.2 Å². The lowest BCUT2D eigenvalue weighted by Crippen LogP contribution is -2.26. The Bertz CT molecular complexity index is 462. The monoisotopic (exact) mass is 273 g/mol. The number of nitrogens with zero attached hydrogens (tertiary/aromatic N) is 1. The highest BCUT2D eigenvalue weighted by Gasteiger charge is 2.17. The molecule has 0 saturated carbocycles. The zero-order chi connectivity index (χ0) is 13.4. The zero-order valence-corrected chi connectivity index (χ0v) is 11.5. The van der Waals surface area contributed by atoms with Crippen molar-refractivity contribution in [2.75, 3.05) is 32.1 Å². The van der Waals surface area contributed by atoms with Crippen molar-refractivity contribution in [2.24, 2.45) is 0 Å². The Morgan fingerprint density at radius 1 is 1.44 bits per heavy atom. The molecule has 0 spiro atoms. The molecule has 2 N–H and O–H groups in total. The third kappa shape index (κ3) is 4.25. The van der Waals surface area contributed by atoms with Crippen LogP contribution in [0.2, 0.25) is 0 Å². The standard InChI is InChI=1S/C11H19N3O3S/c1-3-13-10-5-7-12-9-11(10)18(15,16)14-6-4-8-17-2/h5,7,9,14H,3-4,6,8H2,1-2H3,(H,12,13). The van der Waals surface area contributed by atoms with E-state index in [-0.39, 0.29) is 4.90 Å². The molecule has 0 radical (unpaired) electrons. The molecule has 1 aromatic rings. The molecule has 0 aliphatic carbocycles. The predicted molar refractivity (Wildman–Crippen MR) is 70.1 cm³/mol. The Kier molecular flexibility index (Phi) is 6.03. The van der Waals surface area contributed by atoms with Crippen LogP contribution in [0.25, 0.3) is 0 Å². The van der Waals surface area contributed by atoms with Crippen LogP contribution in [0.15, 0.2) is 23.4 Å². The Morgan fingerprint density at radius 3 is 2.89 bits per heavy atom. The first-order chi connectivity index (χ1) is 8.61. The fourth-order valence-corrected chi connectivity index (χ4v) is 2.63. The molecule has 1 aromatic heterocycles. The Labute approximate surface area is 108 Å². The number of hydrogen-bond donors (Lipinski definition) is 2. The van der Waals surface area contributed by atoms with E-state index in [9.17, 15) is 8.42 Å². The normalized spacial score (nSPS) is 11.4. The van der Waals surface area contributed by atoms with Gasteiger partial charge in [-0.3, -0.25) is 4.98 Å². The van der Waals surface area contributed by atoms with Gasteiger partial charge in [-0.15, -0.1) is 0 Å². The minimum absolute atomic E-state index is 0.171. The van der Waals surface area contributed by atoms with E-state index in [0.717, 1.165) is 0 Å². The quantitative estimate of drug-likeness (QED) is 0.686. The van der Waals surface area contributed by atoms with Crippen LogP contribution in [-0.2, 0) is 14.8 Å². The molecular formula is C11H19N3O3S. The molecule has 0 aromatic carbocycles. The number of ether oxygens (including phenoxy) is 1. The first kappa shape index (κ1) is 14.9. The summed E-state index contributed by atoms with van der Waals surface area (Å²) in [6.07, 6.45) is 3.53. The molecule has 102 valence electrons. The lowest BCUT2D eigenvalue weighted by atomic mass is 10.4. The minimum atomic E-state index is -3.52. The third-order valence-electron chi connectivity index (χ3n) is 2.26. The van der Waals surface area contributed by atoms with Gasteiger partial charge >= 0.3 is 0 Å². The highest BCUT2D eigenvalue weighted by molar-refractivity contribution is 7.89. The molecule has 0 atom stereocenters. The first-order valence-electron chi connectivity index (χ1n) is 5.78. The Balaban J connectivity index is 2.77. The van der Waals surface area contributed by atoms with E-state index in [1.165, 1.54) is 6.20 Å². The van der Waals surface area contributed by atoms with Gasteiger partial charge in [-0.05, 0) is 19.4 Å². The zero-order valence-electron chi connectivity index (χ0n) is 10.6. The fourth-order valence-electron chi connectivity index (χ4n) is 1.43. The van der Waals surface area contributed by atoms with E-state index in [4.69, 9.17) is 4.74 Å². The SMILES string of the molecule is CCNc1ccncc1S(=O)(=O)NCCCOC. The van der Waals surface area contributed by atoms with Crippen LogP contribution in [0, 0.1) is 0 Å². The fraction of sp³-hybridized carbons (Fsp3) is 0.545. The molecule has 0 unspecified atom stereocenters. The summed E-state index contributed by atoms with van der Waals surface area (Å²) in [5.41, 5.74) is 0.562. The molecule has 0 aliphatic heterocycles. The molecule has 18 heavy (non-hydrogen) atoms. The number of hydrogen-bond acceptors (Lipinski definition) is 5. The summed E-state index contributed by atoms with van der Waals surface area (Å²) < 4.78 is 31.5. The van der Waals surface area contributed by atoms with E-state index < -0.39 is 10.0 Å². The maximum Gasteiger partial charge on any atom is 0.244 e. The van der Waals surface area contributed by atoms with Crippen molar-refractivity contribution in [3.8, 4) is 0 Å². The lowest BCUT2D eigenvalue weighted by Gasteiger charge is -2.11. The van der Waals surface area contributed by atoms with Crippen LogP contribution >= 0.6 is 0 Å². The van der Waals surface area contributed by atoms with E-state index in [1.807, 2.05) is 6.92 Å². The van der Waals surface area contributed by atoms with Crippen LogP contribution in [0.5, 0.6) is 0 Å². The number of methoxy groups -OCH3 is 1. The van der Waals surface area contributed by atoms with E-state index >= 15 is 0 Å². The van der Waals surface area contributed by atoms with Crippen LogP contribution in [0.4, 0.5) is 5.69 Å². The Hall–Kier alpha value is -1.18. The number of aromatic nitrogens is 1. The molecule has 6 nitrogen and oxygen atoms in total. The number of pyridine rings is 1.